The van der Waals surface area contributed by atoms with Crippen molar-refractivity contribution in [3.05, 3.63) is 0 Å². The molecular formula is C11H19NO2. The Kier molecular flexibility index (Phi) is 3.06. The fourth-order valence-electron chi connectivity index (χ4n) is 2.60. The highest BCUT2D eigenvalue weighted by Crippen LogP contribution is 2.35. The quantitative estimate of drug-likeness (QED) is 0.723. The highest BCUT2D eigenvalue weighted by molar-refractivity contribution is 5.73. The Morgan fingerprint density at radius 2 is 2.07 bits per heavy atom. The smallest absolute Gasteiger partial charge is 0.320 e. The number of carboxylic acid groups (broad SMARTS) is 1. The van der Waals surface area contributed by atoms with Crippen LogP contribution in [0.25, 0.3) is 0 Å². The molecule has 1 heterocycles. The van der Waals surface area contributed by atoms with Crippen LogP contribution in [0.2, 0.25) is 0 Å². The Labute approximate surface area is 84.9 Å². The van der Waals surface area contributed by atoms with Crippen LogP contribution in [0.15, 0.2) is 0 Å². The van der Waals surface area contributed by atoms with E-state index in [4.69, 9.17) is 5.11 Å². The Morgan fingerprint density at radius 3 is 2.64 bits per heavy atom. The number of piperidine rings is 1. The molecule has 2 fully saturated rings. The Hall–Kier alpha value is -0.570. The minimum atomic E-state index is -0.677. The Bertz CT molecular complexity index is 213. The fourth-order valence-corrected chi connectivity index (χ4v) is 2.60. The molecule has 1 aliphatic carbocycles. The molecule has 0 aromatic carbocycles. The maximum Gasteiger partial charge on any atom is 0.320 e. The van der Waals surface area contributed by atoms with Gasteiger partial charge in [0, 0.05) is 0 Å². The number of aliphatic carboxylic acids is 1. The fraction of sp³-hybridized carbons (Fsp3) is 0.909. The van der Waals surface area contributed by atoms with Gasteiger partial charge in [-0.15, -0.1) is 0 Å². The van der Waals surface area contributed by atoms with Crippen LogP contribution in [-0.2, 0) is 4.79 Å². The molecule has 3 heteroatoms. The summed E-state index contributed by atoms with van der Waals surface area (Å²) in [6, 6.07) is -0.283. The normalized spacial score (nSPS) is 33.7. The monoisotopic (exact) mass is 197 g/mol. The van der Waals surface area contributed by atoms with Gasteiger partial charge in [0.1, 0.15) is 6.04 Å². The van der Waals surface area contributed by atoms with Gasteiger partial charge in [-0.1, -0.05) is 19.3 Å². The van der Waals surface area contributed by atoms with Crippen molar-refractivity contribution in [3.8, 4) is 0 Å². The third kappa shape index (κ3) is 2.27. The molecule has 0 aromatic rings. The second-order valence-electron chi connectivity index (χ2n) is 4.77. The van der Waals surface area contributed by atoms with Gasteiger partial charge in [-0.2, -0.15) is 0 Å². The third-order valence-electron chi connectivity index (χ3n) is 3.70. The lowest BCUT2D eigenvalue weighted by molar-refractivity contribution is -0.140. The van der Waals surface area contributed by atoms with Gasteiger partial charge in [-0.25, -0.2) is 0 Å². The van der Waals surface area contributed by atoms with Crippen molar-refractivity contribution in [2.75, 3.05) is 6.54 Å². The average molecular weight is 197 g/mol. The number of carbonyl (C=O) groups is 1. The van der Waals surface area contributed by atoms with E-state index in [0.717, 1.165) is 18.9 Å². The number of nitrogens with one attached hydrogen (secondary N) is 1. The van der Waals surface area contributed by atoms with Crippen LogP contribution in [-0.4, -0.2) is 23.7 Å². The zero-order valence-corrected chi connectivity index (χ0v) is 8.54. The van der Waals surface area contributed by atoms with Gasteiger partial charge < -0.3 is 10.4 Å². The predicted molar refractivity (Wildman–Crippen MR) is 54.1 cm³/mol. The van der Waals surface area contributed by atoms with Crippen LogP contribution in [0.3, 0.4) is 0 Å². The standard InChI is InChI=1S/C11H19NO2/c13-11(14)10-7-9(4-5-12-10)6-8-2-1-3-8/h8-10,12H,1-7H2,(H,13,14). The molecule has 80 valence electrons. The largest absolute Gasteiger partial charge is 0.480 e. The van der Waals surface area contributed by atoms with Crippen molar-refractivity contribution in [2.24, 2.45) is 11.8 Å². The van der Waals surface area contributed by atoms with Gasteiger partial charge in [0.15, 0.2) is 0 Å². The molecule has 0 spiro atoms. The third-order valence-corrected chi connectivity index (χ3v) is 3.70. The molecule has 2 unspecified atom stereocenters. The van der Waals surface area contributed by atoms with E-state index in [9.17, 15) is 4.79 Å². The minimum absolute atomic E-state index is 0.283. The molecule has 2 rings (SSSR count). The van der Waals surface area contributed by atoms with Crippen LogP contribution in [0.5, 0.6) is 0 Å². The first-order valence-electron chi connectivity index (χ1n) is 5.72. The molecule has 1 saturated carbocycles. The molecule has 0 radical (unpaired) electrons. The first-order chi connectivity index (χ1) is 6.75. The van der Waals surface area contributed by atoms with E-state index in [1.54, 1.807) is 0 Å². The van der Waals surface area contributed by atoms with Gasteiger partial charge in [0.25, 0.3) is 0 Å². The lowest BCUT2D eigenvalue weighted by atomic mass is 9.76. The van der Waals surface area contributed by atoms with E-state index >= 15 is 0 Å². The van der Waals surface area contributed by atoms with E-state index in [2.05, 4.69) is 5.32 Å². The second kappa shape index (κ2) is 4.30. The van der Waals surface area contributed by atoms with Gasteiger partial charge >= 0.3 is 5.97 Å². The van der Waals surface area contributed by atoms with Crippen LogP contribution < -0.4 is 5.32 Å². The molecule has 0 aromatic heterocycles. The SMILES string of the molecule is O=C(O)C1CC(CC2CCC2)CCN1. The molecule has 2 atom stereocenters. The van der Waals surface area contributed by atoms with E-state index < -0.39 is 5.97 Å². The number of hydrogen-bond acceptors (Lipinski definition) is 2. The molecule has 2 aliphatic rings. The zero-order chi connectivity index (χ0) is 9.97. The van der Waals surface area contributed by atoms with Crippen LogP contribution >= 0.6 is 0 Å². The van der Waals surface area contributed by atoms with Gasteiger partial charge in [0.05, 0.1) is 0 Å². The second-order valence-corrected chi connectivity index (χ2v) is 4.77. The van der Waals surface area contributed by atoms with Crippen molar-refractivity contribution in [1.29, 1.82) is 0 Å². The summed E-state index contributed by atoms with van der Waals surface area (Å²) in [5, 5.41) is 12.0. The lowest BCUT2D eigenvalue weighted by Crippen LogP contribution is -2.43. The van der Waals surface area contributed by atoms with Crippen molar-refractivity contribution < 1.29 is 9.90 Å². The molecule has 14 heavy (non-hydrogen) atoms. The summed E-state index contributed by atoms with van der Waals surface area (Å²) >= 11 is 0. The Morgan fingerprint density at radius 1 is 1.29 bits per heavy atom. The summed E-state index contributed by atoms with van der Waals surface area (Å²) in [5.74, 6) is 0.888. The van der Waals surface area contributed by atoms with E-state index in [1.807, 2.05) is 0 Å². The summed E-state index contributed by atoms with van der Waals surface area (Å²) in [5.41, 5.74) is 0. The molecule has 0 amide bonds. The average Bonchev–Trinajstić information content (AvgIpc) is 2.12. The predicted octanol–water partition coefficient (Wildman–Crippen LogP) is 1.63. The minimum Gasteiger partial charge on any atom is -0.480 e. The van der Waals surface area contributed by atoms with Gasteiger partial charge in [0.2, 0.25) is 0 Å². The van der Waals surface area contributed by atoms with Crippen molar-refractivity contribution in [3.63, 3.8) is 0 Å². The maximum absolute atomic E-state index is 10.8. The summed E-state index contributed by atoms with van der Waals surface area (Å²) < 4.78 is 0. The lowest BCUT2D eigenvalue weighted by Gasteiger charge is -2.33. The van der Waals surface area contributed by atoms with E-state index in [0.29, 0.717) is 5.92 Å². The maximum atomic E-state index is 10.8. The first-order valence-corrected chi connectivity index (χ1v) is 5.72. The number of hydrogen-bond donors (Lipinski definition) is 2. The topological polar surface area (TPSA) is 49.3 Å². The summed E-state index contributed by atoms with van der Waals surface area (Å²) in [6.07, 6.45) is 7.42. The molecule has 2 N–H and O–H groups in total. The zero-order valence-electron chi connectivity index (χ0n) is 8.54. The Balaban J connectivity index is 1.78. The summed E-state index contributed by atoms with van der Waals surface area (Å²) in [6.45, 7) is 0.883. The molecule has 0 bridgehead atoms. The van der Waals surface area contributed by atoms with E-state index in [-0.39, 0.29) is 6.04 Å². The highest BCUT2D eigenvalue weighted by Gasteiger charge is 2.29. The molecule has 1 aliphatic heterocycles. The van der Waals surface area contributed by atoms with Gasteiger partial charge in [-0.3, -0.25) is 4.79 Å². The summed E-state index contributed by atoms with van der Waals surface area (Å²) in [7, 11) is 0. The number of carboxylic acids is 1. The van der Waals surface area contributed by atoms with Gasteiger partial charge in [-0.05, 0) is 37.6 Å². The van der Waals surface area contributed by atoms with Crippen molar-refractivity contribution in [2.45, 2.75) is 44.6 Å². The molecule has 1 saturated heterocycles. The van der Waals surface area contributed by atoms with Crippen molar-refractivity contribution >= 4 is 5.97 Å². The number of rotatable bonds is 3. The summed E-state index contributed by atoms with van der Waals surface area (Å²) in [4.78, 5) is 10.8. The van der Waals surface area contributed by atoms with E-state index in [1.165, 1.54) is 32.1 Å². The highest BCUT2D eigenvalue weighted by atomic mass is 16.4. The van der Waals surface area contributed by atoms with Crippen LogP contribution in [0.1, 0.15) is 38.5 Å². The first kappa shape index (κ1) is 9.97. The van der Waals surface area contributed by atoms with Crippen LogP contribution in [0.4, 0.5) is 0 Å². The van der Waals surface area contributed by atoms with Crippen molar-refractivity contribution in [1.82, 2.24) is 5.32 Å². The molecule has 3 nitrogen and oxygen atoms in total. The molecular weight excluding hydrogens is 178 g/mol. The van der Waals surface area contributed by atoms with Crippen LogP contribution in [0, 0.1) is 11.8 Å².